The van der Waals surface area contributed by atoms with E-state index < -0.39 is 0 Å². The second-order valence-electron chi connectivity index (χ2n) is 8.06. The first-order valence-electron chi connectivity index (χ1n) is 11.5. The molecule has 0 aliphatic heterocycles. The molecule has 1 heteroatoms. The molecule has 156 valence electrons. The Labute approximate surface area is 182 Å². The van der Waals surface area contributed by atoms with E-state index in [2.05, 4.69) is 97.2 Å². The minimum absolute atomic E-state index is 1.12. The van der Waals surface area contributed by atoms with Crippen molar-refractivity contribution < 1.29 is 0 Å². The molecular formula is C29H35N. The molecule has 3 aromatic rings. The van der Waals surface area contributed by atoms with Crippen molar-refractivity contribution in [1.29, 1.82) is 0 Å². The van der Waals surface area contributed by atoms with Gasteiger partial charge < -0.3 is 5.32 Å². The van der Waals surface area contributed by atoms with Crippen molar-refractivity contribution in [2.24, 2.45) is 0 Å². The fraction of sp³-hybridized carbons (Fsp3) is 0.310. The predicted octanol–water partition coefficient (Wildman–Crippen LogP) is 8.89. The molecule has 30 heavy (non-hydrogen) atoms. The topological polar surface area (TPSA) is 12.0 Å². The number of rotatable bonds is 12. The van der Waals surface area contributed by atoms with E-state index in [4.69, 9.17) is 0 Å². The number of hydrogen-bond donors (Lipinski definition) is 1. The lowest BCUT2D eigenvalue weighted by molar-refractivity contribution is 0.589. The highest BCUT2D eigenvalue weighted by Gasteiger charge is 1.98. The van der Waals surface area contributed by atoms with Crippen LogP contribution in [0, 0.1) is 0 Å². The smallest absolute Gasteiger partial charge is 0.0384 e. The van der Waals surface area contributed by atoms with Gasteiger partial charge in [-0.05, 0) is 53.8 Å². The second kappa shape index (κ2) is 12.7. The molecule has 3 rings (SSSR count). The Bertz CT molecular complexity index is 861. The maximum atomic E-state index is 3.50. The number of aryl methyl sites for hydroxylation is 1. The fourth-order valence-corrected chi connectivity index (χ4v) is 3.64. The highest BCUT2D eigenvalue weighted by molar-refractivity contribution is 5.71. The standard InChI is InChI=1S/C29H35N/c1-2-3-4-5-6-7-9-14-26-17-21-28(22-18-26)30-29-23-19-27(20-24-29)16-15-25-12-10-8-11-13-25/h8,10-13,15-24,30H,2-7,9,14H2,1H3. The van der Waals surface area contributed by atoms with Gasteiger partial charge in [0.1, 0.15) is 0 Å². The van der Waals surface area contributed by atoms with Gasteiger partial charge in [0.2, 0.25) is 0 Å². The van der Waals surface area contributed by atoms with Gasteiger partial charge in [-0.2, -0.15) is 0 Å². The number of hydrogen-bond acceptors (Lipinski definition) is 1. The van der Waals surface area contributed by atoms with Crippen LogP contribution in [0.25, 0.3) is 12.2 Å². The molecule has 0 unspecified atom stereocenters. The summed E-state index contributed by atoms with van der Waals surface area (Å²) in [4.78, 5) is 0. The highest BCUT2D eigenvalue weighted by atomic mass is 14.9. The summed E-state index contributed by atoms with van der Waals surface area (Å²) in [6.45, 7) is 2.28. The van der Waals surface area contributed by atoms with Crippen LogP contribution in [0.4, 0.5) is 11.4 Å². The van der Waals surface area contributed by atoms with Gasteiger partial charge in [0.05, 0.1) is 0 Å². The zero-order valence-corrected chi connectivity index (χ0v) is 18.3. The first-order valence-corrected chi connectivity index (χ1v) is 11.5. The molecule has 0 radical (unpaired) electrons. The van der Waals surface area contributed by atoms with Crippen LogP contribution in [0.2, 0.25) is 0 Å². The van der Waals surface area contributed by atoms with Crippen molar-refractivity contribution in [3.05, 3.63) is 95.6 Å². The molecule has 3 aromatic carbocycles. The van der Waals surface area contributed by atoms with Gasteiger partial charge in [0, 0.05) is 11.4 Å². The van der Waals surface area contributed by atoms with Gasteiger partial charge in [0.15, 0.2) is 0 Å². The van der Waals surface area contributed by atoms with E-state index >= 15 is 0 Å². The first kappa shape index (κ1) is 21.9. The van der Waals surface area contributed by atoms with Crippen molar-refractivity contribution >= 4 is 23.5 Å². The lowest BCUT2D eigenvalue weighted by Crippen LogP contribution is -1.91. The monoisotopic (exact) mass is 397 g/mol. The minimum Gasteiger partial charge on any atom is -0.356 e. The Hall–Kier alpha value is -2.80. The van der Waals surface area contributed by atoms with Crippen LogP contribution in [0.5, 0.6) is 0 Å². The Morgan fingerprint density at radius 1 is 0.567 bits per heavy atom. The molecule has 0 aliphatic carbocycles. The summed E-state index contributed by atoms with van der Waals surface area (Å²) in [7, 11) is 0. The van der Waals surface area contributed by atoms with Crippen LogP contribution in [-0.4, -0.2) is 0 Å². The average molecular weight is 398 g/mol. The summed E-state index contributed by atoms with van der Waals surface area (Å²) in [5, 5.41) is 3.50. The molecule has 0 aliphatic rings. The van der Waals surface area contributed by atoms with Crippen LogP contribution < -0.4 is 5.32 Å². The van der Waals surface area contributed by atoms with E-state index in [1.807, 2.05) is 6.07 Å². The summed E-state index contributed by atoms with van der Waals surface area (Å²) >= 11 is 0. The van der Waals surface area contributed by atoms with E-state index in [1.54, 1.807) is 0 Å². The molecule has 0 spiro atoms. The van der Waals surface area contributed by atoms with Crippen LogP contribution in [0.3, 0.4) is 0 Å². The number of anilines is 2. The van der Waals surface area contributed by atoms with Gasteiger partial charge in [-0.15, -0.1) is 0 Å². The third kappa shape index (κ3) is 7.91. The van der Waals surface area contributed by atoms with Gasteiger partial charge >= 0.3 is 0 Å². The van der Waals surface area contributed by atoms with Gasteiger partial charge in [-0.25, -0.2) is 0 Å². The lowest BCUT2D eigenvalue weighted by atomic mass is 10.0. The van der Waals surface area contributed by atoms with Crippen LogP contribution >= 0.6 is 0 Å². The van der Waals surface area contributed by atoms with E-state index in [1.165, 1.54) is 68.1 Å². The van der Waals surface area contributed by atoms with Crippen molar-refractivity contribution in [1.82, 2.24) is 0 Å². The quantitative estimate of drug-likeness (QED) is 0.238. The predicted molar refractivity (Wildman–Crippen MR) is 133 cm³/mol. The van der Waals surface area contributed by atoms with Gasteiger partial charge in [0.25, 0.3) is 0 Å². The molecular weight excluding hydrogens is 362 g/mol. The number of benzene rings is 3. The van der Waals surface area contributed by atoms with E-state index in [0.717, 1.165) is 11.4 Å². The van der Waals surface area contributed by atoms with E-state index in [-0.39, 0.29) is 0 Å². The van der Waals surface area contributed by atoms with Gasteiger partial charge in [-0.1, -0.05) is 112 Å². The number of unbranched alkanes of at least 4 members (excludes halogenated alkanes) is 6. The molecule has 0 fully saturated rings. The minimum atomic E-state index is 1.12. The zero-order valence-electron chi connectivity index (χ0n) is 18.3. The molecule has 0 amide bonds. The molecule has 0 bridgehead atoms. The molecule has 1 nitrogen and oxygen atoms in total. The summed E-state index contributed by atoms with van der Waals surface area (Å²) in [6, 6.07) is 27.9. The van der Waals surface area contributed by atoms with Crippen molar-refractivity contribution in [2.45, 2.75) is 58.3 Å². The maximum Gasteiger partial charge on any atom is 0.0384 e. The fourth-order valence-electron chi connectivity index (χ4n) is 3.64. The normalized spacial score (nSPS) is 11.1. The van der Waals surface area contributed by atoms with Crippen molar-refractivity contribution in [3.63, 3.8) is 0 Å². The molecule has 0 saturated heterocycles. The third-order valence-electron chi connectivity index (χ3n) is 5.49. The van der Waals surface area contributed by atoms with E-state index in [0.29, 0.717) is 0 Å². The molecule has 0 saturated carbocycles. The van der Waals surface area contributed by atoms with Crippen LogP contribution in [0.15, 0.2) is 78.9 Å². The Kier molecular flexibility index (Phi) is 9.27. The van der Waals surface area contributed by atoms with E-state index in [9.17, 15) is 0 Å². The van der Waals surface area contributed by atoms with Crippen molar-refractivity contribution in [3.8, 4) is 0 Å². The Balaban J connectivity index is 1.42. The summed E-state index contributed by atoms with van der Waals surface area (Å²) in [6.07, 6.45) is 15.1. The lowest BCUT2D eigenvalue weighted by Gasteiger charge is -2.08. The summed E-state index contributed by atoms with van der Waals surface area (Å²) in [5.41, 5.74) is 6.12. The number of nitrogens with one attached hydrogen (secondary N) is 1. The zero-order chi connectivity index (χ0) is 20.9. The largest absolute Gasteiger partial charge is 0.356 e. The summed E-state index contributed by atoms with van der Waals surface area (Å²) in [5.74, 6) is 0. The molecule has 0 heterocycles. The van der Waals surface area contributed by atoms with Crippen LogP contribution in [0.1, 0.15) is 68.6 Å². The molecule has 0 atom stereocenters. The van der Waals surface area contributed by atoms with Crippen LogP contribution in [-0.2, 0) is 6.42 Å². The second-order valence-corrected chi connectivity index (χ2v) is 8.06. The first-order chi connectivity index (χ1) is 14.8. The molecule has 0 aromatic heterocycles. The Morgan fingerprint density at radius 3 is 1.73 bits per heavy atom. The average Bonchev–Trinajstić information content (AvgIpc) is 2.80. The molecule has 1 N–H and O–H groups in total. The summed E-state index contributed by atoms with van der Waals surface area (Å²) < 4.78 is 0. The van der Waals surface area contributed by atoms with Crippen molar-refractivity contribution in [2.75, 3.05) is 5.32 Å². The highest BCUT2D eigenvalue weighted by Crippen LogP contribution is 2.20. The Morgan fingerprint density at radius 2 is 1.10 bits per heavy atom. The van der Waals surface area contributed by atoms with Gasteiger partial charge in [-0.3, -0.25) is 0 Å². The SMILES string of the molecule is CCCCCCCCCc1ccc(Nc2ccc(C=Cc3ccccc3)cc2)cc1. The third-order valence-corrected chi connectivity index (χ3v) is 5.49. The maximum absolute atomic E-state index is 3.50.